The van der Waals surface area contributed by atoms with Crippen molar-refractivity contribution in [1.82, 2.24) is 4.72 Å². The fraction of sp³-hybridized carbons (Fsp3) is 0.167. The third kappa shape index (κ3) is 4.13. The zero-order valence-corrected chi connectivity index (χ0v) is 14.6. The summed E-state index contributed by atoms with van der Waals surface area (Å²) < 4.78 is 28.5. The third-order valence-corrected chi connectivity index (χ3v) is 7.63. The van der Waals surface area contributed by atoms with Gasteiger partial charge >= 0.3 is 0 Å². The quantitative estimate of drug-likeness (QED) is 0.793. The zero-order chi connectivity index (χ0) is 13.9. The first-order valence-corrected chi connectivity index (χ1v) is 9.36. The molecule has 0 spiro atoms. The zero-order valence-electron chi connectivity index (χ0n) is 9.77. The Morgan fingerprint density at radius 3 is 2.42 bits per heavy atom. The van der Waals surface area contributed by atoms with E-state index >= 15 is 0 Å². The van der Waals surface area contributed by atoms with Crippen LogP contribution in [0.15, 0.2) is 48.9 Å². The van der Waals surface area contributed by atoms with Crippen LogP contribution in [0, 0.1) is 0 Å². The lowest BCUT2D eigenvalue weighted by molar-refractivity contribution is 0.584. The Bertz CT molecular complexity index is 634. The number of benzene rings is 1. The Balaban J connectivity index is 1.99. The largest absolute Gasteiger partial charge is 0.250 e. The number of rotatable bonds is 5. The predicted octanol–water partition coefficient (Wildman–Crippen LogP) is 3.79. The van der Waals surface area contributed by atoms with Crippen LogP contribution in [0.3, 0.4) is 0 Å². The second-order valence-electron chi connectivity index (χ2n) is 3.82. The van der Waals surface area contributed by atoms with E-state index in [1.54, 1.807) is 6.07 Å². The smallest absolute Gasteiger partial charge is 0.210 e. The molecule has 1 heterocycles. The van der Waals surface area contributed by atoms with Crippen LogP contribution >= 0.6 is 43.2 Å². The lowest BCUT2D eigenvalue weighted by atomic mass is 10.2. The van der Waals surface area contributed by atoms with Gasteiger partial charge in [-0.2, -0.15) is 0 Å². The fourth-order valence-corrected chi connectivity index (χ4v) is 5.40. The van der Waals surface area contributed by atoms with Crippen molar-refractivity contribution < 1.29 is 8.42 Å². The van der Waals surface area contributed by atoms with Crippen molar-refractivity contribution in [3.63, 3.8) is 0 Å². The molecule has 102 valence electrons. The van der Waals surface area contributed by atoms with Gasteiger partial charge in [0.2, 0.25) is 10.0 Å². The average molecular weight is 425 g/mol. The van der Waals surface area contributed by atoms with Crippen LogP contribution in [-0.4, -0.2) is 15.0 Å². The van der Waals surface area contributed by atoms with Crippen LogP contribution in [-0.2, 0) is 16.4 Å². The molecule has 0 saturated heterocycles. The molecular formula is C12H11Br2NO2S2. The van der Waals surface area contributed by atoms with Crippen LogP contribution in [0.25, 0.3) is 0 Å². The van der Waals surface area contributed by atoms with E-state index in [0.717, 1.165) is 13.8 Å². The molecular weight excluding hydrogens is 414 g/mol. The molecule has 7 heteroatoms. The molecule has 0 fully saturated rings. The first-order valence-electron chi connectivity index (χ1n) is 5.47. The number of sulfonamides is 1. The van der Waals surface area contributed by atoms with Gasteiger partial charge in [-0.25, -0.2) is 13.1 Å². The van der Waals surface area contributed by atoms with E-state index in [9.17, 15) is 8.42 Å². The Morgan fingerprint density at radius 1 is 1.16 bits per heavy atom. The number of halogens is 2. The van der Waals surface area contributed by atoms with Gasteiger partial charge in [0, 0.05) is 11.0 Å². The molecule has 0 amide bonds. The minimum Gasteiger partial charge on any atom is -0.210 e. The summed E-state index contributed by atoms with van der Waals surface area (Å²) in [4.78, 5) is 0. The summed E-state index contributed by atoms with van der Waals surface area (Å²) in [5, 5.41) is 0. The first-order chi connectivity index (χ1) is 8.99. The van der Waals surface area contributed by atoms with Crippen LogP contribution < -0.4 is 4.72 Å². The molecule has 0 bridgehead atoms. The molecule has 0 atom stereocenters. The number of nitrogens with one attached hydrogen (secondary N) is 1. The molecule has 0 unspecified atom stereocenters. The van der Waals surface area contributed by atoms with Crippen molar-refractivity contribution in [2.75, 3.05) is 6.54 Å². The Morgan fingerprint density at radius 2 is 1.84 bits per heavy atom. The summed E-state index contributed by atoms with van der Waals surface area (Å²) >= 11 is 7.76. The molecule has 3 nitrogen and oxygen atoms in total. The second kappa shape index (κ2) is 6.49. The highest BCUT2D eigenvalue weighted by molar-refractivity contribution is 9.13. The van der Waals surface area contributed by atoms with E-state index in [1.165, 1.54) is 11.3 Å². The van der Waals surface area contributed by atoms with Gasteiger partial charge in [0.05, 0.1) is 3.79 Å². The third-order valence-electron chi connectivity index (χ3n) is 2.44. The number of thiophene rings is 1. The lowest BCUT2D eigenvalue weighted by Crippen LogP contribution is -2.25. The molecule has 1 aromatic carbocycles. The SMILES string of the molecule is O=S(=O)(NCCc1ccccc1)c1cc(Br)c(Br)s1. The van der Waals surface area contributed by atoms with E-state index in [2.05, 4.69) is 36.6 Å². The van der Waals surface area contributed by atoms with Gasteiger partial charge < -0.3 is 0 Å². The minimum absolute atomic E-state index is 0.305. The molecule has 1 N–H and O–H groups in total. The number of hydrogen-bond donors (Lipinski definition) is 1. The summed E-state index contributed by atoms with van der Waals surface area (Å²) in [5.74, 6) is 0. The summed E-state index contributed by atoms with van der Waals surface area (Å²) in [6.07, 6.45) is 0.674. The summed E-state index contributed by atoms with van der Waals surface area (Å²) in [5.41, 5.74) is 1.11. The van der Waals surface area contributed by atoms with Gasteiger partial charge in [0.25, 0.3) is 0 Å². The van der Waals surface area contributed by atoms with Crippen molar-refractivity contribution in [2.45, 2.75) is 10.6 Å². The molecule has 2 rings (SSSR count). The van der Waals surface area contributed by atoms with Crippen LogP contribution in [0.2, 0.25) is 0 Å². The highest BCUT2D eigenvalue weighted by atomic mass is 79.9. The van der Waals surface area contributed by atoms with E-state index < -0.39 is 10.0 Å². The van der Waals surface area contributed by atoms with Crippen LogP contribution in [0.4, 0.5) is 0 Å². The molecule has 2 aromatic rings. The standard InChI is InChI=1S/C12H11Br2NO2S2/c13-10-8-11(18-12(10)14)19(16,17)15-7-6-9-4-2-1-3-5-9/h1-5,8,15H,6-7H2. The topological polar surface area (TPSA) is 46.2 Å². The number of hydrogen-bond acceptors (Lipinski definition) is 3. The van der Waals surface area contributed by atoms with Gasteiger partial charge in [-0.3, -0.25) is 0 Å². The van der Waals surface area contributed by atoms with Gasteiger partial charge in [0.1, 0.15) is 4.21 Å². The maximum Gasteiger partial charge on any atom is 0.250 e. The molecule has 19 heavy (non-hydrogen) atoms. The van der Waals surface area contributed by atoms with Crippen LogP contribution in [0.5, 0.6) is 0 Å². The second-order valence-corrected chi connectivity index (χ2v) is 9.04. The van der Waals surface area contributed by atoms with Gasteiger partial charge in [-0.1, -0.05) is 30.3 Å². The average Bonchev–Trinajstić information content (AvgIpc) is 2.72. The van der Waals surface area contributed by atoms with Crippen molar-refractivity contribution in [3.8, 4) is 0 Å². The summed E-state index contributed by atoms with van der Waals surface area (Å²) in [6.45, 7) is 0.388. The predicted molar refractivity (Wildman–Crippen MR) is 85.1 cm³/mol. The molecule has 0 aliphatic carbocycles. The molecule has 0 aliphatic rings. The van der Waals surface area contributed by atoms with E-state index in [0.29, 0.717) is 17.2 Å². The highest BCUT2D eigenvalue weighted by Crippen LogP contribution is 2.34. The molecule has 0 radical (unpaired) electrons. The van der Waals surface area contributed by atoms with E-state index in [4.69, 9.17) is 0 Å². The normalized spacial score (nSPS) is 11.7. The van der Waals surface area contributed by atoms with E-state index in [-0.39, 0.29) is 0 Å². The van der Waals surface area contributed by atoms with E-state index in [1.807, 2.05) is 30.3 Å². The molecule has 0 saturated carbocycles. The molecule has 0 aliphatic heterocycles. The maximum absolute atomic E-state index is 12.0. The Labute approximate surface area is 133 Å². The highest BCUT2D eigenvalue weighted by Gasteiger charge is 2.18. The fourth-order valence-electron chi connectivity index (χ4n) is 1.50. The summed E-state index contributed by atoms with van der Waals surface area (Å²) in [6, 6.07) is 11.4. The minimum atomic E-state index is -3.42. The van der Waals surface area contributed by atoms with Crippen LogP contribution in [0.1, 0.15) is 5.56 Å². The Hall–Kier alpha value is -0.210. The van der Waals surface area contributed by atoms with Gasteiger partial charge in [0.15, 0.2) is 0 Å². The van der Waals surface area contributed by atoms with Crippen molar-refractivity contribution in [2.24, 2.45) is 0 Å². The van der Waals surface area contributed by atoms with Crippen molar-refractivity contribution in [3.05, 3.63) is 50.2 Å². The van der Waals surface area contributed by atoms with Crippen molar-refractivity contribution >= 4 is 53.2 Å². The van der Waals surface area contributed by atoms with Gasteiger partial charge in [-0.05, 0) is 49.9 Å². The maximum atomic E-state index is 12.0. The monoisotopic (exact) mass is 423 g/mol. The van der Waals surface area contributed by atoms with Crippen molar-refractivity contribution in [1.29, 1.82) is 0 Å². The first kappa shape index (κ1) is 15.2. The summed E-state index contributed by atoms with van der Waals surface area (Å²) in [7, 11) is -3.42. The van der Waals surface area contributed by atoms with Gasteiger partial charge in [-0.15, -0.1) is 11.3 Å². The lowest BCUT2D eigenvalue weighted by Gasteiger charge is -2.04. The Kier molecular flexibility index (Phi) is 5.19. The molecule has 1 aromatic heterocycles.